The molecule has 0 radical (unpaired) electrons. The summed E-state index contributed by atoms with van der Waals surface area (Å²) >= 11 is 0. The summed E-state index contributed by atoms with van der Waals surface area (Å²) in [5.74, 6) is 0.562. The normalized spacial score (nSPS) is 18.4. The van der Waals surface area contributed by atoms with Gasteiger partial charge in [0, 0.05) is 18.7 Å². The number of rotatable bonds is 3. The maximum atomic E-state index is 12.1. The Hall–Kier alpha value is -2.31. The number of ether oxygens (including phenoxy) is 2. The van der Waals surface area contributed by atoms with E-state index in [1.165, 1.54) is 12.1 Å². The zero-order valence-corrected chi connectivity index (χ0v) is 13.7. The van der Waals surface area contributed by atoms with Gasteiger partial charge in [-0.05, 0) is 45.7 Å². The highest BCUT2D eigenvalue weighted by Crippen LogP contribution is 2.22. The molecule has 1 aromatic rings. The van der Waals surface area contributed by atoms with E-state index in [-0.39, 0.29) is 17.9 Å². The summed E-state index contributed by atoms with van der Waals surface area (Å²) in [6.07, 6.45) is 1.18. The molecule has 7 nitrogen and oxygen atoms in total. The molecule has 1 heterocycles. The SMILES string of the molecule is CC(C)(C)OC(=O)N1CCC[C@@H](Oc2ccc([N+](=O)[O-])cc2)C1. The van der Waals surface area contributed by atoms with Gasteiger partial charge >= 0.3 is 6.09 Å². The van der Waals surface area contributed by atoms with Crippen LogP contribution < -0.4 is 4.74 Å². The van der Waals surface area contributed by atoms with Crippen LogP contribution in [0, 0.1) is 10.1 Å². The number of carbonyl (C=O) groups is 1. The van der Waals surface area contributed by atoms with Crippen molar-refractivity contribution in [1.29, 1.82) is 0 Å². The first-order chi connectivity index (χ1) is 10.7. The number of carbonyl (C=O) groups excluding carboxylic acids is 1. The molecule has 1 fully saturated rings. The van der Waals surface area contributed by atoms with Crippen molar-refractivity contribution in [3.05, 3.63) is 34.4 Å². The molecular formula is C16H22N2O5. The summed E-state index contributed by atoms with van der Waals surface area (Å²) in [6, 6.07) is 5.96. The average Bonchev–Trinajstić information content (AvgIpc) is 2.46. The summed E-state index contributed by atoms with van der Waals surface area (Å²) in [6.45, 7) is 6.60. The van der Waals surface area contributed by atoms with Gasteiger partial charge in [0.05, 0.1) is 11.5 Å². The molecule has 0 bridgehead atoms. The van der Waals surface area contributed by atoms with Crippen molar-refractivity contribution in [3.63, 3.8) is 0 Å². The van der Waals surface area contributed by atoms with Gasteiger partial charge in [-0.2, -0.15) is 0 Å². The molecule has 0 N–H and O–H groups in total. The number of non-ortho nitro benzene ring substituents is 1. The van der Waals surface area contributed by atoms with Crippen molar-refractivity contribution >= 4 is 11.8 Å². The maximum absolute atomic E-state index is 12.1. The number of amides is 1. The minimum absolute atomic E-state index is 0.0244. The fraction of sp³-hybridized carbons (Fsp3) is 0.562. The first-order valence-electron chi connectivity index (χ1n) is 7.63. The second kappa shape index (κ2) is 6.85. The lowest BCUT2D eigenvalue weighted by molar-refractivity contribution is -0.384. The number of hydrogen-bond donors (Lipinski definition) is 0. The number of piperidine rings is 1. The number of nitro groups is 1. The Balaban J connectivity index is 1.93. The van der Waals surface area contributed by atoms with Gasteiger partial charge in [0.2, 0.25) is 0 Å². The molecule has 126 valence electrons. The number of nitrogens with zero attached hydrogens (tertiary/aromatic N) is 2. The standard InChI is InChI=1S/C16H22N2O5/c1-16(2,3)23-15(19)17-10-4-5-14(11-17)22-13-8-6-12(7-9-13)18(20)21/h6-9,14H,4-5,10-11H2,1-3H3/t14-/m1/s1. The number of benzene rings is 1. The highest BCUT2D eigenvalue weighted by Gasteiger charge is 2.28. The molecule has 0 saturated carbocycles. The Bertz CT molecular complexity index is 565. The van der Waals surface area contributed by atoms with Crippen molar-refractivity contribution in [1.82, 2.24) is 4.90 Å². The summed E-state index contributed by atoms with van der Waals surface area (Å²) in [7, 11) is 0. The fourth-order valence-corrected chi connectivity index (χ4v) is 2.37. The maximum Gasteiger partial charge on any atom is 0.410 e. The number of nitro benzene ring substituents is 1. The van der Waals surface area contributed by atoms with E-state index in [9.17, 15) is 14.9 Å². The van der Waals surface area contributed by atoms with E-state index in [0.717, 1.165) is 12.8 Å². The van der Waals surface area contributed by atoms with Crippen LogP contribution in [0.4, 0.5) is 10.5 Å². The van der Waals surface area contributed by atoms with Crippen molar-refractivity contribution in [3.8, 4) is 5.75 Å². The Morgan fingerprint density at radius 2 is 1.96 bits per heavy atom. The highest BCUT2D eigenvalue weighted by atomic mass is 16.6. The zero-order chi connectivity index (χ0) is 17.0. The largest absolute Gasteiger partial charge is 0.489 e. The van der Waals surface area contributed by atoms with Crippen LogP contribution in [0.25, 0.3) is 0 Å². The summed E-state index contributed by atoms with van der Waals surface area (Å²) in [5.41, 5.74) is -0.500. The number of likely N-dealkylation sites (tertiary alicyclic amines) is 1. The monoisotopic (exact) mass is 322 g/mol. The Morgan fingerprint density at radius 3 is 2.52 bits per heavy atom. The Morgan fingerprint density at radius 1 is 1.30 bits per heavy atom. The van der Waals surface area contributed by atoms with E-state index < -0.39 is 10.5 Å². The third-order valence-electron chi connectivity index (χ3n) is 3.38. The van der Waals surface area contributed by atoms with Gasteiger partial charge in [0.15, 0.2) is 0 Å². The molecule has 1 amide bonds. The minimum atomic E-state index is -0.525. The van der Waals surface area contributed by atoms with Crippen LogP contribution in [-0.4, -0.2) is 40.7 Å². The highest BCUT2D eigenvalue weighted by molar-refractivity contribution is 5.68. The quantitative estimate of drug-likeness (QED) is 0.629. The van der Waals surface area contributed by atoms with Crippen LogP contribution in [-0.2, 0) is 4.74 Å². The molecule has 1 atom stereocenters. The minimum Gasteiger partial charge on any atom is -0.489 e. The van der Waals surface area contributed by atoms with Gasteiger partial charge in [-0.3, -0.25) is 10.1 Å². The van der Waals surface area contributed by atoms with Gasteiger partial charge in [-0.15, -0.1) is 0 Å². The molecule has 7 heteroatoms. The molecule has 0 aromatic heterocycles. The van der Waals surface area contributed by atoms with Gasteiger partial charge in [-0.1, -0.05) is 0 Å². The third kappa shape index (κ3) is 5.12. The second-order valence-electron chi connectivity index (χ2n) is 6.56. The molecule has 0 unspecified atom stereocenters. The summed E-state index contributed by atoms with van der Waals surface area (Å²) < 4.78 is 11.2. The van der Waals surface area contributed by atoms with Crippen LogP contribution in [0.1, 0.15) is 33.6 Å². The van der Waals surface area contributed by atoms with Gasteiger partial charge in [-0.25, -0.2) is 4.79 Å². The van der Waals surface area contributed by atoms with Crippen molar-refractivity contribution in [2.24, 2.45) is 0 Å². The lowest BCUT2D eigenvalue weighted by Gasteiger charge is -2.34. The van der Waals surface area contributed by atoms with E-state index in [2.05, 4.69) is 0 Å². The predicted octanol–water partition coefficient (Wildman–Crippen LogP) is 3.37. The van der Waals surface area contributed by atoms with Crippen LogP contribution in [0.2, 0.25) is 0 Å². The third-order valence-corrected chi connectivity index (χ3v) is 3.38. The van der Waals surface area contributed by atoms with Crippen LogP contribution >= 0.6 is 0 Å². The fourth-order valence-electron chi connectivity index (χ4n) is 2.37. The van der Waals surface area contributed by atoms with Gasteiger partial charge < -0.3 is 14.4 Å². The van der Waals surface area contributed by atoms with Crippen LogP contribution in [0.15, 0.2) is 24.3 Å². The molecule has 1 aromatic carbocycles. The van der Waals surface area contributed by atoms with Crippen LogP contribution in [0.5, 0.6) is 5.75 Å². The summed E-state index contributed by atoms with van der Waals surface area (Å²) in [4.78, 5) is 23.9. The zero-order valence-electron chi connectivity index (χ0n) is 13.7. The van der Waals surface area contributed by atoms with E-state index >= 15 is 0 Å². The molecular weight excluding hydrogens is 300 g/mol. The molecule has 0 spiro atoms. The molecule has 1 saturated heterocycles. The summed E-state index contributed by atoms with van der Waals surface area (Å²) in [5, 5.41) is 10.6. The van der Waals surface area contributed by atoms with Crippen molar-refractivity contribution in [2.45, 2.75) is 45.3 Å². The molecule has 1 aliphatic rings. The Kier molecular flexibility index (Phi) is 5.08. The van der Waals surface area contributed by atoms with Gasteiger partial charge in [0.25, 0.3) is 5.69 Å². The second-order valence-corrected chi connectivity index (χ2v) is 6.56. The lowest BCUT2D eigenvalue weighted by Crippen LogP contribution is -2.46. The van der Waals surface area contributed by atoms with Crippen molar-refractivity contribution in [2.75, 3.05) is 13.1 Å². The van der Waals surface area contributed by atoms with E-state index in [1.54, 1.807) is 17.0 Å². The average molecular weight is 322 g/mol. The lowest BCUT2D eigenvalue weighted by atomic mass is 10.1. The van der Waals surface area contributed by atoms with E-state index in [1.807, 2.05) is 20.8 Å². The smallest absolute Gasteiger partial charge is 0.410 e. The van der Waals surface area contributed by atoms with Gasteiger partial charge in [0.1, 0.15) is 17.5 Å². The van der Waals surface area contributed by atoms with Crippen LogP contribution in [0.3, 0.4) is 0 Å². The first kappa shape index (κ1) is 17.1. The van der Waals surface area contributed by atoms with Crippen molar-refractivity contribution < 1.29 is 19.2 Å². The van der Waals surface area contributed by atoms with E-state index in [0.29, 0.717) is 18.8 Å². The predicted molar refractivity (Wildman–Crippen MR) is 84.6 cm³/mol. The molecule has 1 aliphatic heterocycles. The number of hydrogen-bond acceptors (Lipinski definition) is 5. The van der Waals surface area contributed by atoms with E-state index in [4.69, 9.17) is 9.47 Å². The first-order valence-corrected chi connectivity index (χ1v) is 7.63. The Labute approximate surface area is 135 Å². The topological polar surface area (TPSA) is 81.9 Å². The molecule has 2 rings (SSSR count). The molecule has 0 aliphatic carbocycles. The molecule has 23 heavy (non-hydrogen) atoms.